The van der Waals surface area contributed by atoms with E-state index in [1.54, 1.807) is 0 Å². The number of rotatable bonds is 8. The van der Waals surface area contributed by atoms with Gasteiger partial charge in [0, 0.05) is 0 Å². The topological polar surface area (TPSA) is 156 Å². The maximum absolute atomic E-state index is 11.7. The Balaban J connectivity index is 4.76. The second-order valence-corrected chi connectivity index (χ2v) is 8.01. The number of hydrogen-bond acceptors (Lipinski definition) is 5. The first-order chi connectivity index (χ1) is 8.97. The standard InChI is InChI=1S/C11H24N3O5P/c1-6(2)4-8(13)10(15)14-9(11(16)17)5-20(18,19)7(3)12/h6-9H,4-5,12-13H2,1-3H3,(H,14,15)(H,16,17)(H,18,19)/t7?,8-,9?/m1/s1. The number of amides is 1. The van der Waals surface area contributed by atoms with Crippen molar-refractivity contribution < 1.29 is 24.2 Å². The number of nitrogens with one attached hydrogen (secondary N) is 1. The van der Waals surface area contributed by atoms with Crippen molar-refractivity contribution in [3.63, 3.8) is 0 Å². The molecule has 0 bridgehead atoms. The number of hydrogen-bond donors (Lipinski definition) is 5. The maximum atomic E-state index is 11.7. The Morgan fingerprint density at radius 2 is 1.75 bits per heavy atom. The average Bonchev–Trinajstić information content (AvgIpc) is 2.26. The van der Waals surface area contributed by atoms with Crippen LogP contribution in [0.3, 0.4) is 0 Å². The van der Waals surface area contributed by atoms with E-state index >= 15 is 0 Å². The highest BCUT2D eigenvalue weighted by Gasteiger charge is 2.33. The van der Waals surface area contributed by atoms with Crippen LogP contribution >= 0.6 is 7.37 Å². The van der Waals surface area contributed by atoms with Gasteiger partial charge < -0.3 is 26.8 Å². The minimum absolute atomic E-state index is 0.173. The van der Waals surface area contributed by atoms with Gasteiger partial charge in [0.25, 0.3) is 0 Å². The van der Waals surface area contributed by atoms with Gasteiger partial charge in [0.05, 0.1) is 18.0 Å². The molecule has 0 aliphatic carbocycles. The van der Waals surface area contributed by atoms with Crippen molar-refractivity contribution in [2.45, 2.75) is 45.1 Å². The summed E-state index contributed by atoms with van der Waals surface area (Å²) in [6, 6.07) is -2.34. The molecule has 0 aliphatic heterocycles. The van der Waals surface area contributed by atoms with Crippen molar-refractivity contribution >= 4 is 19.2 Å². The third-order valence-electron chi connectivity index (χ3n) is 2.76. The third kappa shape index (κ3) is 6.47. The molecule has 20 heavy (non-hydrogen) atoms. The van der Waals surface area contributed by atoms with Crippen LogP contribution in [0.25, 0.3) is 0 Å². The summed E-state index contributed by atoms with van der Waals surface area (Å²) >= 11 is 0. The predicted molar refractivity (Wildman–Crippen MR) is 75.3 cm³/mol. The molecule has 0 fully saturated rings. The van der Waals surface area contributed by atoms with Crippen molar-refractivity contribution in [3.8, 4) is 0 Å². The van der Waals surface area contributed by atoms with E-state index in [9.17, 15) is 19.0 Å². The van der Waals surface area contributed by atoms with Gasteiger partial charge in [-0.3, -0.25) is 9.36 Å². The molecule has 9 heteroatoms. The third-order valence-corrected chi connectivity index (χ3v) is 4.92. The maximum Gasteiger partial charge on any atom is 0.326 e. The molecule has 0 aromatic rings. The molecule has 4 atom stereocenters. The zero-order chi connectivity index (χ0) is 16.1. The second-order valence-electron chi connectivity index (χ2n) is 5.31. The summed E-state index contributed by atoms with van der Waals surface area (Å²) in [4.78, 5) is 32.4. The molecule has 3 unspecified atom stereocenters. The summed E-state index contributed by atoms with van der Waals surface area (Å²) in [5.41, 5.74) is 11.0. The fraction of sp³-hybridized carbons (Fsp3) is 0.818. The largest absolute Gasteiger partial charge is 0.480 e. The first-order valence-corrected chi connectivity index (χ1v) is 8.24. The Kier molecular flexibility index (Phi) is 7.37. The first kappa shape index (κ1) is 19.1. The summed E-state index contributed by atoms with van der Waals surface area (Å²) in [6.07, 6.45) is -0.234. The fourth-order valence-electron chi connectivity index (χ4n) is 1.51. The molecule has 0 saturated carbocycles. The zero-order valence-electron chi connectivity index (χ0n) is 11.9. The van der Waals surface area contributed by atoms with Crippen LogP contribution in [0.4, 0.5) is 0 Å². The molecule has 0 aromatic heterocycles. The summed E-state index contributed by atoms with van der Waals surface area (Å²) in [7, 11) is -3.85. The number of carboxylic acids is 1. The lowest BCUT2D eigenvalue weighted by molar-refractivity contribution is -0.141. The Morgan fingerprint density at radius 1 is 1.25 bits per heavy atom. The fourth-order valence-corrected chi connectivity index (χ4v) is 2.61. The van der Waals surface area contributed by atoms with Crippen LogP contribution in [0.15, 0.2) is 0 Å². The molecule has 0 heterocycles. The van der Waals surface area contributed by atoms with Gasteiger partial charge in [-0.1, -0.05) is 13.8 Å². The molecule has 7 N–H and O–H groups in total. The molecule has 0 aliphatic rings. The van der Waals surface area contributed by atoms with Gasteiger partial charge in [0.2, 0.25) is 13.3 Å². The summed E-state index contributed by atoms with van der Waals surface area (Å²) in [5, 5.41) is 11.2. The summed E-state index contributed by atoms with van der Waals surface area (Å²) in [6.45, 7) is 5.06. The van der Waals surface area contributed by atoms with Crippen molar-refractivity contribution in [3.05, 3.63) is 0 Å². The van der Waals surface area contributed by atoms with Crippen LogP contribution in [0.1, 0.15) is 27.2 Å². The Hall–Kier alpha value is -0.950. The van der Waals surface area contributed by atoms with Crippen LogP contribution in [0, 0.1) is 5.92 Å². The lowest BCUT2D eigenvalue weighted by Gasteiger charge is -2.22. The molecule has 1 amide bonds. The Morgan fingerprint density at radius 3 is 2.10 bits per heavy atom. The number of carbonyl (C=O) groups excluding carboxylic acids is 1. The molecular formula is C11H24N3O5P. The lowest BCUT2D eigenvalue weighted by atomic mass is 10.0. The second kappa shape index (κ2) is 7.73. The van der Waals surface area contributed by atoms with Gasteiger partial charge >= 0.3 is 5.97 Å². The van der Waals surface area contributed by atoms with E-state index in [0.29, 0.717) is 6.42 Å². The van der Waals surface area contributed by atoms with Gasteiger partial charge in [-0.25, -0.2) is 4.79 Å². The normalized spacial score (nSPS) is 18.9. The molecule has 0 radical (unpaired) electrons. The predicted octanol–water partition coefficient (Wildman–Crippen LogP) is -0.496. The van der Waals surface area contributed by atoms with Crippen molar-refractivity contribution in [2.24, 2.45) is 17.4 Å². The number of nitrogens with two attached hydrogens (primary N) is 2. The lowest BCUT2D eigenvalue weighted by Crippen LogP contribution is -2.50. The first-order valence-electron chi connectivity index (χ1n) is 6.33. The van der Waals surface area contributed by atoms with Crippen LogP contribution in [-0.4, -0.2) is 45.9 Å². The van der Waals surface area contributed by atoms with Gasteiger partial charge in [-0.2, -0.15) is 0 Å². The van der Waals surface area contributed by atoms with E-state index < -0.39 is 43.3 Å². The molecule has 118 valence electrons. The highest BCUT2D eigenvalue weighted by Crippen LogP contribution is 2.44. The minimum Gasteiger partial charge on any atom is -0.480 e. The monoisotopic (exact) mass is 309 g/mol. The van der Waals surface area contributed by atoms with Crippen molar-refractivity contribution in [1.82, 2.24) is 5.32 Å². The Labute approximate surface area is 118 Å². The van der Waals surface area contributed by atoms with Gasteiger partial charge in [-0.15, -0.1) is 0 Å². The number of carboxylic acid groups (broad SMARTS) is 1. The summed E-state index contributed by atoms with van der Waals surface area (Å²) in [5.74, 6) is -2.95. The Bertz CT molecular complexity index is 400. The zero-order valence-corrected chi connectivity index (χ0v) is 12.8. The number of carbonyl (C=O) groups is 2. The van der Waals surface area contributed by atoms with E-state index in [4.69, 9.17) is 16.6 Å². The molecular weight excluding hydrogens is 285 g/mol. The molecule has 0 aromatic carbocycles. The molecule has 0 spiro atoms. The highest BCUT2D eigenvalue weighted by molar-refractivity contribution is 7.58. The SMILES string of the molecule is CC(C)C[C@@H](N)C(=O)NC(CP(=O)(O)C(C)N)C(=O)O. The van der Waals surface area contributed by atoms with Crippen LogP contribution < -0.4 is 16.8 Å². The molecule has 8 nitrogen and oxygen atoms in total. The summed E-state index contributed by atoms with van der Waals surface area (Å²) < 4.78 is 11.7. The molecule has 0 rings (SSSR count). The quantitative estimate of drug-likeness (QED) is 0.378. The van der Waals surface area contributed by atoms with Crippen molar-refractivity contribution in [1.29, 1.82) is 0 Å². The van der Waals surface area contributed by atoms with E-state index in [1.165, 1.54) is 6.92 Å². The van der Waals surface area contributed by atoms with Gasteiger partial charge in [0.15, 0.2) is 0 Å². The molecule has 0 saturated heterocycles. The van der Waals surface area contributed by atoms with E-state index in [2.05, 4.69) is 5.32 Å². The van der Waals surface area contributed by atoms with E-state index in [0.717, 1.165) is 0 Å². The minimum atomic E-state index is -3.85. The van der Waals surface area contributed by atoms with Gasteiger partial charge in [-0.05, 0) is 19.3 Å². The number of aliphatic carboxylic acids is 1. The van der Waals surface area contributed by atoms with Gasteiger partial charge in [0.1, 0.15) is 6.04 Å². The van der Waals surface area contributed by atoms with E-state index in [1.807, 2.05) is 13.8 Å². The highest BCUT2D eigenvalue weighted by atomic mass is 31.2. The smallest absolute Gasteiger partial charge is 0.326 e. The van der Waals surface area contributed by atoms with Crippen molar-refractivity contribution in [2.75, 3.05) is 6.16 Å². The van der Waals surface area contributed by atoms with Crippen LogP contribution in [-0.2, 0) is 14.2 Å². The van der Waals surface area contributed by atoms with Crippen LogP contribution in [0.5, 0.6) is 0 Å². The average molecular weight is 309 g/mol. The van der Waals surface area contributed by atoms with E-state index in [-0.39, 0.29) is 5.92 Å². The van der Waals surface area contributed by atoms with Crippen LogP contribution in [0.2, 0.25) is 0 Å².